The van der Waals surface area contributed by atoms with Gasteiger partial charge in [0.2, 0.25) is 0 Å². The van der Waals surface area contributed by atoms with E-state index >= 15 is 0 Å². The van der Waals surface area contributed by atoms with Crippen LogP contribution in [0.2, 0.25) is 0 Å². The number of rotatable bonds is 10. The summed E-state index contributed by atoms with van der Waals surface area (Å²) in [6.07, 6.45) is 3.16. The van der Waals surface area contributed by atoms with E-state index in [1.807, 2.05) is 13.8 Å². The van der Waals surface area contributed by atoms with Gasteiger partial charge in [0.1, 0.15) is 11.3 Å². The molecule has 9 nitrogen and oxygen atoms in total. The molecular formula is C21H25N5O4. The van der Waals surface area contributed by atoms with Gasteiger partial charge in [-0.3, -0.25) is 10.1 Å². The Labute approximate surface area is 175 Å². The van der Waals surface area contributed by atoms with Crippen molar-refractivity contribution in [3.8, 4) is 12.1 Å². The number of aliphatic imine (C=N–C) groups is 1. The van der Waals surface area contributed by atoms with E-state index < -0.39 is 27.6 Å². The van der Waals surface area contributed by atoms with Gasteiger partial charge < -0.3 is 15.2 Å². The number of amidine groups is 1. The van der Waals surface area contributed by atoms with Crippen LogP contribution in [0.4, 0.5) is 5.69 Å². The summed E-state index contributed by atoms with van der Waals surface area (Å²) in [6.45, 7) is 4.57. The molecule has 1 heterocycles. The fourth-order valence-electron chi connectivity index (χ4n) is 4.39. The molecule has 2 aliphatic rings. The first kappa shape index (κ1) is 21.7. The summed E-state index contributed by atoms with van der Waals surface area (Å²) in [7, 11) is 0. The zero-order chi connectivity index (χ0) is 22.0. The topological polar surface area (TPSA) is 148 Å². The Morgan fingerprint density at radius 1 is 1.20 bits per heavy atom. The third-order valence-corrected chi connectivity index (χ3v) is 5.93. The summed E-state index contributed by atoms with van der Waals surface area (Å²) in [4.78, 5) is 15.1. The van der Waals surface area contributed by atoms with Crippen LogP contribution in [0.25, 0.3) is 0 Å². The zero-order valence-corrected chi connectivity index (χ0v) is 17.1. The monoisotopic (exact) mass is 411 g/mol. The second-order valence-corrected chi connectivity index (χ2v) is 7.61. The molecule has 1 fully saturated rings. The van der Waals surface area contributed by atoms with Gasteiger partial charge in [-0.2, -0.15) is 10.5 Å². The van der Waals surface area contributed by atoms with Crippen LogP contribution in [-0.2, 0) is 9.47 Å². The van der Waals surface area contributed by atoms with Crippen LogP contribution in [0.1, 0.15) is 51.0 Å². The smallest absolute Gasteiger partial charge is 0.293 e. The number of non-ortho nitro benzene ring substituents is 1. The van der Waals surface area contributed by atoms with E-state index in [4.69, 9.17) is 15.2 Å². The van der Waals surface area contributed by atoms with E-state index in [0.29, 0.717) is 5.56 Å². The summed E-state index contributed by atoms with van der Waals surface area (Å²) in [5, 5.41) is 31.7. The Bertz CT molecular complexity index is 939. The van der Waals surface area contributed by atoms with E-state index in [9.17, 15) is 20.6 Å². The van der Waals surface area contributed by atoms with Gasteiger partial charge in [0.25, 0.3) is 11.6 Å². The van der Waals surface area contributed by atoms with E-state index in [1.165, 1.54) is 18.2 Å². The highest BCUT2D eigenvalue weighted by Gasteiger charge is 2.93. The van der Waals surface area contributed by atoms with Gasteiger partial charge in [0.05, 0.1) is 30.3 Å². The highest BCUT2D eigenvalue weighted by Crippen LogP contribution is 2.82. The Morgan fingerprint density at radius 2 is 1.83 bits per heavy atom. The number of nitrogens with zero attached hydrogens (tertiary/aromatic N) is 4. The van der Waals surface area contributed by atoms with Gasteiger partial charge >= 0.3 is 0 Å². The number of ether oxygens (including phenoxy) is 2. The van der Waals surface area contributed by atoms with Crippen molar-refractivity contribution >= 4 is 11.5 Å². The number of hydrogen-bond acceptors (Lipinski definition) is 8. The molecule has 158 valence electrons. The van der Waals surface area contributed by atoms with Crippen LogP contribution in [-0.4, -0.2) is 29.9 Å². The van der Waals surface area contributed by atoms with Crippen LogP contribution in [0.3, 0.4) is 0 Å². The number of hydrogen-bond donors (Lipinski definition) is 1. The number of fused-ring (bicyclic) bond motifs is 1. The lowest BCUT2D eigenvalue weighted by Crippen LogP contribution is -2.44. The summed E-state index contributed by atoms with van der Waals surface area (Å²) >= 11 is 0. The molecule has 1 aromatic rings. The van der Waals surface area contributed by atoms with Gasteiger partial charge in [-0.25, -0.2) is 4.99 Å². The fourth-order valence-corrected chi connectivity index (χ4v) is 4.39. The molecule has 1 aliphatic heterocycles. The molecule has 3 rings (SSSR count). The Hall–Kier alpha value is -3.01. The maximum atomic E-state index is 11.3. The van der Waals surface area contributed by atoms with Gasteiger partial charge in [-0.15, -0.1) is 0 Å². The fraction of sp³-hybridized carbons (Fsp3) is 0.571. The highest BCUT2D eigenvalue weighted by atomic mass is 16.7. The third-order valence-electron chi connectivity index (χ3n) is 5.93. The average molecular weight is 411 g/mol. The maximum absolute atomic E-state index is 11.3. The molecule has 0 saturated heterocycles. The minimum absolute atomic E-state index is 0.0314. The summed E-state index contributed by atoms with van der Waals surface area (Å²) in [5.41, 5.74) is 3.58. The molecule has 1 aromatic carbocycles. The molecule has 1 aliphatic carbocycles. The van der Waals surface area contributed by atoms with Crippen molar-refractivity contribution < 1.29 is 14.4 Å². The van der Waals surface area contributed by atoms with Gasteiger partial charge in [-0.1, -0.05) is 38.8 Å². The van der Waals surface area contributed by atoms with Crippen LogP contribution in [0.15, 0.2) is 29.3 Å². The largest absolute Gasteiger partial charge is 0.386 e. The number of nitriles is 2. The van der Waals surface area contributed by atoms with E-state index in [-0.39, 0.29) is 24.7 Å². The van der Waals surface area contributed by atoms with Crippen molar-refractivity contribution in [1.82, 2.24) is 0 Å². The molecule has 1 saturated carbocycles. The number of nitro groups is 1. The molecular weight excluding hydrogens is 386 g/mol. The van der Waals surface area contributed by atoms with Crippen molar-refractivity contribution in [1.29, 1.82) is 10.5 Å². The third kappa shape index (κ3) is 2.78. The van der Waals surface area contributed by atoms with Crippen molar-refractivity contribution in [3.05, 3.63) is 39.9 Å². The standard InChI is InChI=1S/C21H25N5O4/c1-3-5-10-29-21(30-11-6-4-2)20(14-23)17(19(20,13-22)18(24)25-21)15-8-7-9-16(12-15)26(27)28/h7-9,12,17H,3-6,10-11H2,1-2H3,(H2,24,25). The minimum atomic E-state index is -1.72. The Balaban J connectivity index is 2.12. The van der Waals surface area contributed by atoms with E-state index in [1.54, 1.807) is 6.07 Å². The lowest BCUT2D eigenvalue weighted by Gasteiger charge is -2.32. The molecule has 3 unspecified atom stereocenters. The molecule has 2 N–H and O–H groups in total. The second-order valence-electron chi connectivity index (χ2n) is 7.61. The van der Waals surface area contributed by atoms with Crippen LogP contribution >= 0.6 is 0 Å². The summed E-state index contributed by atoms with van der Waals surface area (Å²) in [6, 6.07) is 10.3. The van der Waals surface area contributed by atoms with Crippen molar-refractivity contribution in [2.75, 3.05) is 13.2 Å². The quantitative estimate of drug-likeness (QED) is 0.268. The Kier molecular flexibility index (Phi) is 5.80. The molecule has 9 heteroatoms. The first-order chi connectivity index (χ1) is 14.4. The molecule has 0 radical (unpaired) electrons. The second kappa shape index (κ2) is 8.02. The SMILES string of the molecule is CCCCOC1(OCCCC)N=C(N)C2(C#N)C(c3cccc([N+](=O)[O-])c3)C12C#N. The molecule has 3 atom stereocenters. The van der Waals surface area contributed by atoms with Crippen molar-refractivity contribution in [2.24, 2.45) is 21.6 Å². The zero-order valence-electron chi connectivity index (χ0n) is 17.1. The number of benzene rings is 1. The van der Waals surface area contributed by atoms with Gasteiger partial charge in [-0.05, 0) is 18.4 Å². The van der Waals surface area contributed by atoms with Crippen LogP contribution in [0, 0.1) is 43.6 Å². The summed E-state index contributed by atoms with van der Waals surface area (Å²) in [5.74, 6) is -2.50. The molecule has 0 aromatic heterocycles. The van der Waals surface area contributed by atoms with E-state index in [2.05, 4.69) is 17.1 Å². The maximum Gasteiger partial charge on any atom is 0.293 e. The number of unbranched alkanes of at least 4 members (excludes halogenated alkanes) is 2. The predicted octanol–water partition coefficient (Wildman–Crippen LogP) is 3.37. The molecule has 0 amide bonds. The lowest BCUT2D eigenvalue weighted by atomic mass is 9.93. The lowest BCUT2D eigenvalue weighted by molar-refractivity contribution is -0.384. The van der Waals surface area contributed by atoms with Crippen LogP contribution < -0.4 is 5.73 Å². The first-order valence-corrected chi connectivity index (χ1v) is 10.1. The number of nitro benzene ring substituents is 1. The molecule has 0 bridgehead atoms. The molecule has 30 heavy (non-hydrogen) atoms. The van der Waals surface area contributed by atoms with Gasteiger partial charge in [0.15, 0.2) is 5.41 Å². The summed E-state index contributed by atoms with van der Waals surface area (Å²) < 4.78 is 12.1. The van der Waals surface area contributed by atoms with Gasteiger partial charge in [0, 0.05) is 18.1 Å². The van der Waals surface area contributed by atoms with Crippen LogP contribution in [0.5, 0.6) is 0 Å². The highest BCUT2D eigenvalue weighted by molar-refractivity contribution is 6.00. The van der Waals surface area contributed by atoms with Crippen molar-refractivity contribution in [3.63, 3.8) is 0 Å². The normalized spacial score (nSPS) is 28.1. The minimum Gasteiger partial charge on any atom is -0.386 e. The predicted molar refractivity (Wildman–Crippen MR) is 108 cm³/mol. The molecule has 0 spiro atoms. The average Bonchev–Trinajstić information content (AvgIpc) is 3.33. The van der Waals surface area contributed by atoms with E-state index in [0.717, 1.165) is 25.7 Å². The van der Waals surface area contributed by atoms with Crippen molar-refractivity contribution in [2.45, 2.75) is 51.4 Å². The number of nitrogens with two attached hydrogens (primary N) is 1. The Morgan fingerprint density at radius 3 is 2.33 bits per heavy atom. The first-order valence-electron chi connectivity index (χ1n) is 10.1.